The molecule has 2 N–H and O–H groups in total. The first-order valence-electron chi connectivity index (χ1n) is 13.5. The lowest BCUT2D eigenvalue weighted by Crippen LogP contribution is -2.30. The molecule has 0 bridgehead atoms. The standard InChI is InChI=1S/C31H32BrFN2O6S/c1-18(40-17-39-2)23-12-20(6-11-26(23)32)16-35(42(3,37)38)27-15-28-25(14-24(27)21-7-8-21)30(31(34)36)29(41-28)13-19-4-9-22(33)10-5-19/h4-6,9-12,14-15,18,21H,7-8,13,16-17H2,1-3H3,(H2,34,36). The molecule has 1 saturated carbocycles. The van der Waals surface area contributed by atoms with Gasteiger partial charge in [-0.25, -0.2) is 12.8 Å². The number of anilines is 1. The van der Waals surface area contributed by atoms with Gasteiger partial charge in [0.15, 0.2) is 0 Å². The highest BCUT2D eigenvalue weighted by Crippen LogP contribution is 2.47. The monoisotopic (exact) mass is 658 g/mol. The molecule has 1 heterocycles. The number of rotatable bonds is 12. The zero-order valence-corrected chi connectivity index (χ0v) is 25.9. The average Bonchev–Trinajstić information content (AvgIpc) is 3.72. The van der Waals surface area contributed by atoms with Gasteiger partial charge in [-0.05, 0) is 72.2 Å². The Balaban J connectivity index is 1.59. The predicted octanol–water partition coefficient (Wildman–Crippen LogP) is 6.55. The van der Waals surface area contributed by atoms with Crippen molar-refractivity contribution in [1.29, 1.82) is 0 Å². The van der Waals surface area contributed by atoms with E-state index < -0.39 is 15.9 Å². The van der Waals surface area contributed by atoms with E-state index >= 15 is 0 Å². The van der Waals surface area contributed by atoms with Crippen LogP contribution in [0.2, 0.25) is 0 Å². The van der Waals surface area contributed by atoms with E-state index in [2.05, 4.69) is 15.9 Å². The number of amides is 1. The maximum Gasteiger partial charge on any atom is 0.252 e. The number of sulfonamides is 1. The molecule has 42 heavy (non-hydrogen) atoms. The van der Waals surface area contributed by atoms with Crippen LogP contribution >= 0.6 is 15.9 Å². The Morgan fingerprint density at radius 3 is 2.45 bits per heavy atom. The molecular weight excluding hydrogens is 627 g/mol. The molecule has 1 atom stereocenters. The number of furan rings is 1. The predicted molar refractivity (Wildman–Crippen MR) is 162 cm³/mol. The molecule has 3 aromatic carbocycles. The number of hydrogen-bond donors (Lipinski definition) is 1. The minimum atomic E-state index is -3.74. The molecule has 1 aromatic heterocycles. The zero-order chi connectivity index (χ0) is 30.2. The SMILES string of the molecule is COCOC(C)c1cc(CN(c2cc3oc(Cc4ccc(F)cc4)c(C(N)=O)c3cc2C2CC2)S(C)(=O)=O)ccc1Br. The fraction of sp³-hybridized carbons (Fsp3) is 0.323. The topological polar surface area (TPSA) is 112 Å². The number of hydrogen-bond acceptors (Lipinski definition) is 6. The molecule has 5 rings (SSSR count). The summed E-state index contributed by atoms with van der Waals surface area (Å²) in [5, 5.41) is 0.536. The van der Waals surface area contributed by atoms with Crippen LogP contribution < -0.4 is 10.0 Å². The first-order chi connectivity index (χ1) is 20.0. The zero-order valence-electron chi connectivity index (χ0n) is 23.5. The summed E-state index contributed by atoms with van der Waals surface area (Å²) in [6.45, 7) is 2.10. The van der Waals surface area contributed by atoms with Gasteiger partial charge in [-0.1, -0.05) is 40.2 Å². The van der Waals surface area contributed by atoms with Gasteiger partial charge in [0.1, 0.15) is 24.0 Å². The minimum absolute atomic E-state index is 0.0765. The number of primary amides is 1. The molecule has 4 aromatic rings. The Labute approximate surface area is 252 Å². The van der Waals surface area contributed by atoms with Crippen molar-refractivity contribution in [2.24, 2.45) is 5.73 Å². The number of carbonyl (C=O) groups is 1. The molecule has 1 unspecified atom stereocenters. The van der Waals surface area contributed by atoms with Crippen LogP contribution in [0.5, 0.6) is 0 Å². The summed E-state index contributed by atoms with van der Waals surface area (Å²) in [6, 6.07) is 15.1. The molecular formula is C31H32BrFN2O6S. The summed E-state index contributed by atoms with van der Waals surface area (Å²) in [4.78, 5) is 12.6. The lowest BCUT2D eigenvalue weighted by atomic mass is 10.00. The number of methoxy groups -OCH3 is 1. The van der Waals surface area contributed by atoms with Crippen LogP contribution in [-0.2, 0) is 32.5 Å². The number of nitrogens with zero attached hydrogens (tertiary/aromatic N) is 1. The smallest absolute Gasteiger partial charge is 0.252 e. The van der Waals surface area contributed by atoms with Crippen molar-refractivity contribution >= 4 is 48.5 Å². The maximum atomic E-state index is 13.5. The van der Waals surface area contributed by atoms with Crippen molar-refractivity contribution in [3.63, 3.8) is 0 Å². The Kier molecular flexibility index (Phi) is 8.75. The van der Waals surface area contributed by atoms with Crippen molar-refractivity contribution in [3.8, 4) is 0 Å². The second-order valence-electron chi connectivity index (χ2n) is 10.6. The van der Waals surface area contributed by atoms with Gasteiger partial charge in [-0.3, -0.25) is 9.10 Å². The van der Waals surface area contributed by atoms with Crippen molar-refractivity contribution in [1.82, 2.24) is 0 Å². The lowest BCUT2D eigenvalue weighted by Gasteiger charge is -2.26. The second kappa shape index (κ2) is 12.2. The van der Waals surface area contributed by atoms with Gasteiger partial charge in [0.05, 0.1) is 30.2 Å². The largest absolute Gasteiger partial charge is 0.460 e. The minimum Gasteiger partial charge on any atom is -0.460 e. The van der Waals surface area contributed by atoms with Crippen molar-refractivity contribution < 1.29 is 31.5 Å². The van der Waals surface area contributed by atoms with Gasteiger partial charge >= 0.3 is 0 Å². The number of fused-ring (bicyclic) bond motifs is 1. The van der Waals surface area contributed by atoms with Crippen molar-refractivity contribution in [2.75, 3.05) is 24.5 Å². The third-order valence-electron chi connectivity index (χ3n) is 7.38. The fourth-order valence-corrected chi connectivity index (χ4v) is 6.60. The van der Waals surface area contributed by atoms with Gasteiger partial charge in [0.25, 0.3) is 5.91 Å². The van der Waals surface area contributed by atoms with Crippen molar-refractivity contribution in [3.05, 3.63) is 98.5 Å². The van der Waals surface area contributed by atoms with E-state index in [1.54, 1.807) is 25.3 Å². The van der Waals surface area contributed by atoms with E-state index in [-0.39, 0.29) is 43.2 Å². The van der Waals surface area contributed by atoms with Crippen LogP contribution in [0.3, 0.4) is 0 Å². The molecule has 1 fully saturated rings. The highest BCUT2D eigenvalue weighted by Gasteiger charge is 2.33. The Morgan fingerprint density at radius 1 is 1.14 bits per heavy atom. The van der Waals surface area contributed by atoms with E-state index in [9.17, 15) is 17.6 Å². The normalized spacial score (nSPS) is 14.3. The Hall–Kier alpha value is -3.25. The number of benzene rings is 3. The third kappa shape index (κ3) is 6.54. The number of ether oxygens (including phenoxy) is 2. The van der Waals surface area contributed by atoms with Gasteiger partial charge in [0, 0.05) is 29.5 Å². The summed E-state index contributed by atoms with van der Waals surface area (Å²) in [5.74, 6) is -0.523. The molecule has 0 aliphatic heterocycles. The van der Waals surface area contributed by atoms with Gasteiger partial charge in [-0.15, -0.1) is 0 Å². The molecule has 1 amide bonds. The molecule has 0 saturated heterocycles. The van der Waals surface area contributed by atoms with Crippen LogP contribution in [0.15, 0.2) is 63.5 Å². The summed E-state index contributed by atoms with van der Waals surface area (Å²) in [5.41, 5.74) is 10.1. The van der Waals surface area contributed by atoms with Gasteiger partial charge in [-0.2, -0.15) is 0 Å². The van der Waals surface area contributed by atoms with Crippen LogP contribution in [0.4, 0.5) is 10.1 Å². The molecule has 0 spiro atoms. The van der Waals surface area contributed by atoms with Gasteiger partial charge in [0.2, 0.25) is 10.0 Å². The number of carbonyl (C=O) groups excluding carboxylic acids is 1. The molecule has 1 aliphatic carbocycles. The highest BCUT2D eigenvalue weighted by atomic mass is 79.9. The van der Waals surface area contributed by atoms with Crippen molar-refractivity contribution in [2.45, 2.75) is 44.8 Å². The first kappa shape index (κ1) is 30.2. The summed E-state index contributed by atoms with van der Waals surface area (Å²) in [6.07, 6.45) is 2.91. The van der Waals surface area contributed by atoms with E-state index in [4.69, 9.17) is 19.6 Å². The molecule has 11 heteroatoms. The van der Waals surface area contributed by atoms with Crippen LogP contribution in [0.25, 0.3) is 11.0 Å². The van der Waals surface area contributed by atoms with Gasteiger partial charge < -0.3 is 19.6 Å². The quantitative estimate of drug-likeness (QED) is 0.173. The maximum absolute atomic E-state index is 13.5. The first-order valence-corrected chi connectivity index (χ1v) is 16.1. The number of nitrogens with two attached hydrogens (primary N) is 1. The Morgan fingerprint density at radius 2 is 1.83 bits per heavy atom. The van der Waals surface area contributed by atoms with E-state index in [0.29, 0.717) is 22.4 Å². The summed E-state index contributed by atoms with van der Waals surface area (Å²) in [7, 11) is -2.19. The second-order valence-corrected chi connectivity index (χ2v) is 13.4. The fourth-order valence-electron chi connectivity index (χ4n) is 5.13. The molecule has 0 radical (unpaired) electrons. The molecule has 1 aliphatic rings. The summed E-state index contributed by atoms with van der Waals surface area (Å²) >= 11 is 3.57. The lowest BCUT2D eigenvalue weighted by molar-refractivity contribution is -0.0668. The third-order valence-corrected chi connectivity index (χ3v) is 9.23. The van der Waals surface area contributed by atoms with Crippen LogP contribution in [0.1, 0.15) is 70.2 Å². The Bertz CT molecular complexity index is 1730. The summed E-state index contributed by atoms with van der Waals surface area (Å²) < 4.78 is 59.1. The van der Waals surface area contributed by atoms with E-state index in [1.807, 2.05) is 31.2 Å². The highest BCUT2D eigenvalue weighted by molar-refractivity contribution is 9.10. The van der Waals surface area contributed by atoms with Crippen LogP contribution in [0, 0.1) is 5.82 Å². The van der Waals surface area contributed by atoms with E-state index in [0.717, 1.165) is 39.6 Å². The number of halogens is 2. The van der Waals surface area contributed by atoms with E-state index in [1.165, 1.54) is 22.7 Å². The molecule has 222 valence electrons. The van der Waals surface area contributed by atoms with Crippen LogP contribution in [-0.4, -0.2) is 34.5 Å². The molecule has 8 nitrogen and oxygen atoms in total. The average molecular weight is 660 g/mol.